The minimum atomic E-state index is 0.704. The molecule has 1 saturated heterocycles. The van der Waals surface area contributed by atoms with Crippen LogP contribution < -0.4 is 10.2 Å². The first-order valence-corrected chi connectivity index (χ1v) is 5.71. The van der Waals surface area contributed by atoms with Gasteiger partial charge in [-0.2, -0.15) is 0 Å². The summed E-state index contributed by atoms with van der Waals surface area (Å²) < 4.78 is 5.43. The van der Waals surface area contributed by atoms with Crippen LogP contribution in [0.3, 0.4) is 0 Å². The molecule has 1 aliphatic rings. The number of nitrogens with zero attached hydrogens (tertiary/aromatic N) is 2. The highest BCUT2D eigenvalue weighted by molar-refractivity contribution is 6.31. The van der Waals surface area contributed by atoms with Crippen LogP contribution in [0.2, 0.25) is 5.02 Å². The fourth-order valence-corrected chi connectivity index (χ4v) is 2.27. The molecule has 0 spiro atoms. The number of oxazole rings is 1. The second-order valence-electron chi connectivity index (χ2n) is 3.86. The van der Waals surface area contributed by atoms with E-state index >= 15 is 0 Å². The van der Waals surface area contributed by atoms with Crippen LogP contribution in [0, 0.1) is 0 Å². The molecular weight excluding hydrogens is 226 g/mol. The molecule has 0 aliphatic carbocycles. The van der Waals surface area contributed by atoms with E-state index in [0.717, 1.165) is 43.0 Å². The van der Waals surface area contributed by atoms with Crippen molar-refractivity contribution in [1.29, 1.82) is 0 Å². The molecule has 84 valence electrons. The maximum Gasteiger partial charge on any atom is 0.182 e. The summed E-state index contributed by atoms with van der Waals surface area (Å²) in [6, 6.07) is 3.77. The van der Waals surface area contributed by atoms with Gasteiger partial charge in [0.25, 0.3) is 0 Å². The van der Waals surface area contributed by atoms with Crippen molar-refractivity contribution in [2.45, 2.75) is 0 Å². The number of anilines is 1. The average molecular weight is 238 g/mol. The van der Waals surface area contributed by atoms with E-state index in [9.17, 15) is 0 Å². The standard InChI is InChI=1S/C11H12ClN3O/c12-8-5-9-11(16-7-14-9)10(6-8)15-3-1-13-2-4-15/h5-7,13H,1-4H2. The Hall–Kier alpha value is -1.26. The topological polar surface area (TPSA) is 41.3 Å². The lowest BCUT2D eigenvalue weighted by atomic mass is 10.2. The molecule has 0 atom stereocenters. The van der Waals surface area contributed by atoms with Gasteiger partial charge < -0.3 is 14.6 Å². The zero-order valence-corrected chi connectivity index (χ0v) is 9.50. The van der Waals surface area contributed by atoms with Crippen LogP contribution in [-0.2, 0) is 0 Å². The van der Waals surface area contributed by atoms with Gasteiger partial charge in [-0.25, -0.2) is 4.98 Å². The Morgan fingerprint density at radius 3 is 2.94 bits per heavy atom. The lowest BCUT2D eigenvalue weighted by Crippen LogP contribution is -2.43. The third-order valence-corrected chi connectivity index (χ3v) is 3.05. The summed E-state index contributed by atoms with van der Waals surface area (Å²) in [6.07, 6.45) is 1.46. The zero-order chi connectivity index (χ0) is 11.0. The molecular formula is C11H12ClN3O. The van der Waals surface area contributed by atoms with Crippen LogP contribution in [0.1, 0.15) is 0 Å². The van der Waals surface area contributed by atoms with Crippen molar-refractivity contribution < 1.29 is 4.42 Å². The first kappa shape index (κ1) is 9.93. The SMILES string of the molecule is Clc1cc(N2CCNCC2)c2ocnc2c1. The van der Waals surface area contributed by atoms with Gasteiger partial charge in [-0.1, -0.05) is 11.6 Å². The summed E-state index contributed by atoms with van der Waals surface area (Å²) in [5.74, 6) is 0. The second kappa shape index (κ2) is 3.96. The second-order valence-corrected chi connectivity index (χ2v) is 4.30. The molecule has 0 unspecified atom stereocenters. The van der Waals surface area contributed by atoms with Crippen LogP contribution >= 0.6 is 11.6 Å². The fourth-order valence-electron chi connectivity index (χ4n) is 2.06. The minimum Gasteiger partial charge on any atom is -0.441 e. The first-order chi connectivity index (χ1) is 7.84. The minimum absolute atomic E-state index is 0.704. The molecule has 0 amide bonds. The van der Waals surface area contributed by atoms with Gasteiger partial charge in [0.15, 0.2) is 12.0 Å². The van der Waals surface area contributed by atoms with E-state index < -0.39 is 0 Å². The number of fused-ring (bicyclic) bond motifs is 1. The molecule has 0 radical (unpaired) electrons. The molecule has 1 aliphatic heterocycles. The molecule has 1 aromatic heterocycles. The summed E-state index contributed by atoms with van der Waals surface area (Å²) in [5.41, 5.74) is 2.69. The Balaban J connectivity index is 2.09. The number of benzene rings is 1. The van der Waals surface area contributed by atoms with Gasteiger partial charge in [0.2, 0.25) is 0 Å². The number of nitrogens with one attached hydrogen (secondary N) is 1. The van der Waals surface area contributed by atoms with Crippen molar-refractivity contribution in [3.8, 4) is 0 Å². The Kier molecular flexibility index (Phi) is 2.46. The highest BCUT2D eigenvalue weighted by atomic mass is 35.5. The van der Waals surface area contributed by atoms with Crippen molar-refractivity contribution in [1.82, 2.24) is 10.3 Å². The Labute approximate surface area is 98.2 Å². The molecule has 1 aromatic carbocycles. The van der Waals surface area contributed by atoms with Crippen molar-refractivity contribution in [3.05, 3.63) is 23.5 Å². The molecule has 1 fully saturated rings. The fraction of sp³-hybridized carbons (Fsp3) is 0.364. The lowest BCUT2D eigenvalue weighted by Gasteiger charge is -2.29. The number of halogens is 1. The molecule has 2 heterocycles. The molecule has 16 heavy (non-hydrogen) atoms. The summed E-state index contributed by atoms with van der Waals surface area (Å²) in [4.78, 5) is 6.42. The van der Waals surface area contributed by atoms with Gasteiger partial charge in [0.1, 0.15) is 5.52 Å². The van der Waals surface area contributed by atoms with Crippen molar-refractivity contribution in [2.75, 3.05) is 31.1 Å². The Bertz CT molecular complexity index is 505. The van der Waals surface area contributed by atoms with Gasteiger partial charge in [-0.3, -0.25) is 0 Å². The van der Waals surface area contributed by atoms with Crippen LogP contribution in [0.25, 0.3) is 11.1 Å². The van der Waals surface area contributed by atoms with Crippen LogP contribution in [0.4, 0.5) is 5.69 Å². The summed E-state index contributed by atoms with van der Waals surface area (Å²) >= 11 is 6.08. The number of rotatable bonds is 1. The summed E-state index contributed by atoms with van der Waals surface area (Å²) in [6.45, 7) is 3.91. The Morgan fingerprint density at radius 2 is 2.12 bits per heavy atom. The van der Waals surface area contributed by atoms with E-state index in [4.69, 9.17) is 16.0 Å². The van der Waals surface area contributed by atoms with Crippen molar-refractivity contribution in [2.24, 2.45) is 0 Å². The normalized spacial score (nSPS) is 16.9. The first-order valence-electron chi connectivity index (χ1n) is 5.33. The molecule has 4 nitrogen and oxygen atoms in total. The summed E-state index contributed by atoms with van der Waals surface area (Å²) in [7, 11) is 0. The molecule has 5 heteroatoms. The quantitative estimate of drug-likeness (QED) is 0.823. The lowest BCUT2D eigenvalue weighted by molar-refractivity contribution is 0.575. The number of hydrogen-bond acceptors (Lipinski definition) is 4. The van der Waals surface area contributed by atoms with Gasteiger partial charge in [-0.05, 0) is 12.1 Å². The monoisotopic (exact) mass is 237 g/mol. The van der Waals surface area contributed by atoms with E-state index in [1.54, 1.807) is 0 Å². The van der Waals surface area contributed by atoms with Crippen LogP contribution in [0.15, 0.2) is 22.9 Å². The van der Waals surface area contributed by atoms with Gasteiger partial charge in [0, 0.05) is 31.2 Å². The summed E-state index contributed by atoms with van der Waals surface area (Å²) in [5, 5.41) is 4.02. The molecule has 0 bridgehead atoms. The molecule has 2 aromatic rings. The number of hydrogen-bond donors (Lipinski definition) is 1. The third kappa shape index (κ3) is 1.64. The Morgan fingerprint density at radius 1 is 1.31 bits per heavy atom. The largest absolute Gasteiger partial charge is 0.441 e. The number of aromatic nitrogens is 1. The van der Waals surface area contributed by atoms with E-state index in [1.165, 1.54) is 6.39 Å². The molecule has 1 N–H and O–H groups in total. The van der Waals surface area contributed by atoms with Crippen LogP contribution in [-0.4, -0.2) is 31.2 Å². The average Bonchev–Trinajstić information content (AvgIpc) is 2.77. The van der Waals surface area contributed by atoms with E-state index in [-0.39, 0.29) is 0 Å². The maximum absolute atomic E-state index is 6.08. The van der Waals surface area contributed by atoms with Gasteiger partial charge >= 0.3 is 0 Å². The van der Waals surface area contributed by atoms with Crippen molar-refractivity contribution in [3.63, 3.8) is 0 Å². The van der Waals surface area contributed by atoms with E-state index in [0.29, 0.717) is 5.02 Å². The third-order valence-electron chi connectivity index (χ3n) is 2.83. The zero-order valence-electron chi connectivity index (χ0n) is 8.74. The van der Waals surface area contributed by atoms with Crippen molar-refractivity contribution >= 4 is 28.4 Å². The van der Waals surface area contributed by atoms with Crippen LogP contribution in [0.5, 0.6) is 0 Å². The smallest absolute Gasteiger partial charge is 0.182 e. The highest BCUT2D eigenvalue weighted by Crippen LogP contribution is 2.30. The number of piperazine rings is 1. The maximum atomic E-state index is 6.08. The van der Waals surface area contributed by atoms with E-state index in [1.807, 2.05) is 12.1 Å². The molecule has 0 saturated carbocycles. The predicted octanol–water partition coefficient (Wildman–Crippen LogP) is 1.89. The van der Waals surface area contributed by atoms with E-state index in [2.05, 4.69) is 15.2 Å². The molecule has 3 rings (SSSR count). The van der Waals surface area contributed by atoms with Gasteiger partial charge in [-0.15, -0.1) is 0 Å². The highest BCUT2D eigenvalue weighted by Gasteiger charge is 2.16. The predicted molar refractivity (Wildman–Crippen MR) is 64.1 cm³/mol. The van der Waals surface area contributed by atoms with Gasteiger partial charge in [0.05, 0.1) is 5.69 Å².